The van der Waals surface area contributed by atoms with Crippen LogP contribution in [-0.4, -0.2) is 25.7 Å². The largest absolute Gasteiger partial charge is 0.306 e. The molecule has 116 valence electrons. The summed E-state index contributed by atoms with van der Waals surface area (Å²) in [7, 11) is 0. The Morgan fingerprint density at radius 2 is 1.87 bits per heavy atom. The van der Waals surface area contributed by atoms with Gasteiger partial charge in [-0.2, -0.15) is 5.10 Å². The Bertz CT molecular complexity index is 857. The number of aryl methyl sites for hydroxylation is 2. The summed E-state index contributed by atoms with van der Waals surface area (Å²) in [6.07, 6.45) is 1.35. The van der Waals surface area contributed by atoms with E-state index in [4.69, 9.17) is 0 Å². The van der Waals surface area contributed by atoms with E-state index in [9.17, 15) is 9.18 Å². The molecule has 0 saturated carbocycles. The molecule has 0 aliphatic carbocycles. The van der Waals surface area contributed by atoms with Crippen LogP contribution in [0.4, 0.5) is 10.2 Å². The van der Waals surface area contributed by atoms with E-state index in [0.29, 0.717) is 17.2 Å². The third kappa shape index (κ3) is 3.23. The van der Waals surface area contributed by atoms with Crippen molar-refractivity contribution < 1.29 is 9.18 Å². The van der Waals surface area contributed by atoms with E-state index in [-0.39, 0.29) is 5.91 Å². The lowest BCUT2D eigenvalue weighted by atomic mass is 10.2. The van der Waals surface area contributed by atoms with E-state index in [0.717, 1.165) is 11.4 Å². The van der Waals surface area contributed by atoms with Gasteiger partial charge in [0.1, 0.15) is 18.0 Å². The fraction of sp³-hybridized carbons (Fsp3) is 0.125. The van der Waals surface area contributed by atoms with Gasteiger partial charge in [-0.1, -0.05) is 0 Å². The summed E-state index contributed by atoms with van der Waals surface area (Å²) in [5.74, 6) is 0.135. The van der Waals surface area contributed by atoms with Gasteiger partial charge in [-0.05, 0) is 44.2 Å². The van der Waals surface area contributed by atoms with Crippen LogP contribution in [-0.2, 0) is 0 Å². The lowest BCUT2D eigenvalue weighted by molar-refractivity contribution is 0.102. The normalized spacial score (nSPS) is 10.6. The number of aromatic nitrogens is 4. The molecule has 6 nitrogen and oxygen atoms in total. The Balaban J connectivity index is 1.84. The van der Waals surface area contributed by atoms with Crippen LogP contribution in [0.3, 0.4) is 0 Å². The summed E-state index contributed by atoms with van der Waals surface area (Å²) >= 11 is 0. The van der Waals surface area contributed by atoms with Crippen molar-refractivity contribution >= 4 is 11.7 Å². The molecular weight excluding hydrogens is 297 g/mol. The third-order valence-corrected chi connectivity index (χ3v) is 3.23. The average molecular weight is 311 g/mol. The number of benzene rings is 1. The van der Waals surface area contributed by atoms with Crippen molar-refractivity contribution in [3.63, 3.8) is 0 Å². The maximum absolute atomic E-state index is 12.9. The lowest BCUT2D eigenvalue weighted by Gasteiger charge is -2.07. The highest BCUT2D eigenvalue weighted by atomic mass is 19.1. The first-order valence-corrected chi connectivity index (χ1v) is 6.95. The summed E-state index contributed by atoms with van der Waals surface area (Å²) in [5, 5.41) is 7.00. The number of amides is 1. The van der Waals surface area contributed by atoms with Crippen LogP contribution in [0.25, 0.3) is 5.82 Å². The van der Waals surface area contributed by atoms with Crippen LogP contribution < -0.4 is 5.32 Å². The Hall–Kier alpha value is -3.09. The highest BCUT2D eigenvalue weighted by Crippen LogP contribution is 2.13. The Kier molecular flexibility index (Phi) is 3.84. The van der Waals surface area contributed by atoms with Gasteiger partial charge in [0.05, 0.1) is 5.69 Å². The average Bonchev–Trinajstić information content (AvgIpc) is 2.87. The number of nitrogens with zero attached hydrogens (tertiary/aromatic N) is 4. The Labute approximate surface area is 132 Å². The number of carbonyl (C=O) groups excluding carboxylic acids is 1. The molecule has 0 aliphatic rings. The standard InChI is InChI=1S/C16H14FN5O/c1-10-7-11(2)22(21-10)15-8-14(18-9-19-15)20-16(23)12-3-5-13(17)6-4-12/h3-9H,1-2H3,(H,18,19,20,23). The SMILES string of the molecule is Cc1cc(C)n(-c2cc(NC(=O)c3ccc(F)cc3)ncn2)n1. The fourth-order valence-electron chi connectivity index (χ4n) is 2.18. The van der Waals surface area contributed by atoms with Gasteiger partial charge in [0.15, 0.2) is 5.82 Å². The molecule has 23 heavy (non-hydrogen) atoms. The molecule has 0 atom stereocenters. The van der Waals surface area contributed by atoms with E-state index >= 15 is 0 Å². The first kappa shape index (κ1) is 14.8. The van der Waals surface area contributed by atoms with Gasteiger partial charge < -0.3 is 5.32 Å². The molecule has 0 saturated heterocycles. The fourth-order valence-corrected chi connectivity index (χ4v) is 2.18. The van der Waals surface area contributed by atoms with Gasteiger partial charge in [0.2, 0.25) is 0 Å². The van der Waals surface area contributed by atoms with Crippen LogP contribution in [0.5, 0.6) is 0 Å². The van der Waals surface area contributed by atoms with Gasteiger partial charge in [-0.25, -0.2) is 19.0 Å². The number of carbonyl (C=O) groups is 1. The predicted molar refractivity (Wildman–Crippen MR) is 83.0 cm³/mol. The van der Waals surface area contributed by atoms with Crippen LogP contribution in [0.1, 0.15) is 21.7 Å². The number of rotatable bonds is 3. The molecule has 2 heterocycles. The summed E-state index contributed by atoms with van der Waals surface area (Å²) < 4.78 is 14.6. The molecule has 3 rings (SSSR count). The van der Waals surface area contributed by atoms with E-state index in [2.05, 4.69) is 20.4 Å². The Morgan fingerprint density at radius 3 is 2.52 bits per heavy atom. The molecule has 1 aromatic carbocycles. The molecular formula is C16H14FN5O. The lowest BCUT2D eigenvalue weighted by Crippen LogP contribution is -2.14. The van der Waals surface area contributed by atoms with Crippen LogP contribution >= 0.6 is 0 Å². The van der Waals surface area contributed by atoms with E-state index in [1.54, 1.807) is 10.7 Å². The molecule has 1 amide bonds. The van der Waals surface area contributed by atoms with Crippen molar-refractivity contribution in [2.24, 2.45) is 0 Å². The van der Waals surface area contributed by atoms with Crippen LogP contribution in [0.2, 0.25) is 0 Å². The highest BCUT2D eigenvalue weighted by molar-refractivity contribution is 6.03. The van der Waals surface area contributed by atoms with Crippen LogP contribution in [0, 0.1) is 19.7 Å². The number of nitrogens with one attached hydrogen (secondary N) is 1. The second-order valence-corrected chi connectivity index (χ2v) is 5.06. The van der Waals surface area contributed by atoms with Crippen LogP contribution in [0.15, 0.2) is 42.7 Å². The maximum Gasteiger partial charge on any atom is 0.256 e. The topological polar surface area (TPSA) is 72.7 Å². The van der Waals surface area contributed by atoms with Gasteiger partial charge in [-0.15, -0.1) is 0 Å². The number of hydrogen-bond donors (Lipinski definition) is 1. The second kappa shape index (κ2) is 5.96. The summed E-state index contributed by atoms with van der Waals surface area (Å²) in [5.41, 5.74) is 2.15. The monoisotopic (exact) mass is 311 g/mol. The number of anilines is 1. The highest BCUT2D eigenvalue weighted by Gasteiger charge is 2.10. The molecule has 0 radical (unpaired) electrons. The van der Waals surface area contributed by atoms with E-state index < -0.39 is 5.82 Å². The van der Waals surface area contributed by atoms with Gasteiger partial charge >= 0.3 is 0 Å². The maximum atomic E-state index is 12.9. The first-order valence-electron chi connectivity index (χ1n) is 6.95. The summed E-state index contributed by atoms with van der Waals surface area (Å²) in [4.78, 5) is 20.3. The van der Waals surface area contributed by atoms with Crippen molar-refractivity contribution in [1.82, 2.24) is 19.7 Å². The second-order valence-electron chi connectivity index (χ2n) is 5.06. The quantitative estimate of drug-likeness (QED) is 0.807. The molecule has 0 bridgehead atoms. The Morgan fingerprint density at radius 1 is 1.13 bits per heavy atom. The summed E-state index contributed by atoms with van der Waals surface area (Å²) in [6, 6.07) is 8.84. The van der Waals surface area contributed by atoms with Crippen molar-refractivity contribution in [3.8, 4) is 5.82 Å². The third-order valence-electron chi connectivity index (χ3n) is 3.23. The van der Waals surface area contributed by atoms with E-state index in [1.165, 1.54) is 30.6 Å². The zero-order valence-electron chi connectivity index (χ0n) is 12.6. The zero-order chi connectivity index (χ0) is 16.4. The molecule has 0 unspecified atom stereocenters. The smallest absolute Gasteiger partial charge is 0.256 e. The molecule has 0 fully saturated rings. The number of hydrogen-bond acceptors (Lipinski definition) is 4. The zero-order valence-corrected chi connectivity index (χ0v) is 12.6. The molecule has 1 N–H and O–H groups in total. The minimum absolute atomic E-state index is 0.344. The van der Waals surface area contributed by atoms with Crippen molar-refractivity contribution in [2.75, 3.05) is 5.32 Å². The molecule has 0 spiro atoms. The predicted octanol–water partition coefficient (Wildman–Crippen LogP) is 2.67. The van der Waals surface area contributed by atoms with Gasteiger partial charge in [0.25, 0.3) is 5.91 Å². The first-order chi connectivity index (χ1) is 11.0. The van der Waals surface area contributed by atoms with Gasteiger partial charge in [0, 0.05) is 17.3 Å². The molecule has 2 aromatic heterocycles. The summed E-state index contributed by atoms with van der Waals surface area (Å²) in [6.45, 7) is 3.81. The minimum Gasteiger partial charge on any atom is -0.306 e. The molecule has 7 heteroatoms. The molecule has 3 aromatic rings. The van der Waals surface area contributed by atoms with Crippen molar-refractivity contribution in [2.45, 2.75) is 13.8 Å². The van der Waals surface area contributed by atoms with Crippen molar-refractivity contribution in [1.29, 1.82) is 0 Å². The molecule has 0 aliphatic heterocycles. The van der Waals surface area contributed by atoms with E-state index in [1.807, 2.05) is 19.9 Å². The van der Waals surface area contributed by atoms with Crippen molar-refractivity contribution in [3.05, 3.63) is 65.5 Å². The van der Waals surface area contributed by atoms with Gasteiger partial charge in [-0.3, -0.25) is 4.79 Å². The number of halogens is 1. The minimum atomic E-state index is -0.393.